The lowest BCUT2D eigenvalue weighted by atomic mass is 10.1. The molecule has 1 aromatic rings. The molecule has 0 aliphatic carbocycles. The Balaban J connectivity index is 3.19. The van der Waals surface area contributed by atoms with Crippen molar-refractivity contribution < 1.29 is 9.59 Å². The summed E-state index contributed by atoms with van der Waals surface area (Å²) >= 11 is 20.3. The SMILES string of the molecule is NC(=O)c1c(S)cccc1C(=O)NC(Cl)(Cl)Cl. The van der Waals surface area contributed by atoms with Gasteiger partial charge < -0.3 is 11.1 Å². The molecule has 0 saturated heterocycles. The third-order valence-electron chi connectivity index (χ3n) is 1.79. The van der Waals surface area contributed by atoms with Gasteiger partial charge in [-0.1, -0.05) is 40.9 Å². The smallest absolute Gasteiger partial charge is 0.268 e. The van der Waals surface area contributed by atoms with Crippen LogP contribution in [-0.4, -0.2) is 15.7 Å². The highest BCUT2D eigenvalue weighted by molar-refractivity contribution is 7.80. The van der Waals surface area contributed by atoms with Gasteiger partial charge in [-0.2, -0.15) is 0 Å². The fourth-order valence-electron chi connectivity index (χ4n) is 1.18. The molecule has 2 amide bonds. The first kappa shape index (κ1) is 14.4. The van der Waals surface area contributed by atoms with Crippen molar-refractivity contribution in [1.82, 2.24) is 5.32 Å². The Morgan fingerprint density at radius 3 is 2.35 bits per heavy atom. The minimum absolute atomic E-state index is 0.00340. The van der Waals surface area contributed by atoms with E-state index in [1.807, 2.05) is 0 Å². The number of rotatable bonds is 2. The summed E-state index contributed by atoms with van der Waals surface area (Å²) in [4.78, 5) is 23.2. The largest absolute Gasteiger partial charge is 0.366 e. The van der Waals surface area contributed by atoms with Crippen LogP contribution in [0, 0.1) is 0 Å². The molecular weight excluding hydrogens is 307 g/mol. The molecule has 17 heavy (non-hydrogen) atoms. The molecule has 0 aromatic heterocycles. The van der Waals surface area contributed by atoms with Crippen LogP contribution in [0.3, 0.4) is 0 Å². The first-order valence-corrected chi connectivity index (χ1v) is 5.81. The second-order valence-corrected chi connectivity index (χ2v) is 5.78. The normalized spacial score (nSPS) is 11.1. The Morgan fingerprint density at radius 2 is 1.88 bits per heavy atom. The van der Waals surface area contributed by atoms with Crippen molar-refractivity contribution in [3.8, 4) is 0 Å². The predicted molar refractivity (Wildman–Crippen MR) is 70.0 cm³/mol. The lowest BCUT2D eigenvalue weighted by Gasteiger charge is -2.14. The number of nitrogens with two attached hydrogens (primary N) is 1. The van der Waals surface area contributed by atoms with Gasteiger partial charge >= 0.3 is 0 Å². The predicted octanol–water partition coefficient (Wildman–Crippen LogP) is 2.13. The van der Waals surface area contributed by atoms with Crippen molar-refractivity contribution in [2.24, 2.45) is 5.73 Å². The summed E-state index contributed by atoms with van der Waals surface area (Å²) in [5.41, 5.74) is 5.12. The second kappa shape index (κ2) is 5.35. The number of nitrogens with one attached hydrogen (secondary N) is 1. The van der Waals surface area contributed by atoms with Crippen LogP contribution in [0.15, 0.2) is 23.1 Å². The number of thiol groups is 1. The molecular formula is C9H7Cl3N2O2S. The van der Waals surface area contributed by atoms with E-state index in [-0.39, 0.29) is 16.0 Å². The average molecular weight is 314 g/mol. The first-order valence-electron chi connectivity index (χ1n) is 4.23. The number of primary amides is 1. The zero-order valence-electron chi connectivity index (χ0n) is 8.21. The molecule has 3 N–H and O–H groups in total. The summed E-state index contributed by atoms with van der Waals surface area (Å²) in [5, 5.41) is 2.07. The van der Waals surface area contributed by atoms with Gasteiger partial charge in [0.2, 0.25) is 0 Å². The third-order valence-corrected chi connectivity index (χ3v) is 2.44. The Morgan fingerprint density at radius 1 is 1.29 bits per heavy atom. The standard InChI is InChI=1S/C9H7Cl3N2O2S/c10-9(11,12)14-8(16)4-2-1-3-5(17)6(4)7(13)15/h1-3,17H,(H2,13,15)(H,14,16). The van der Waals surface area contributed by atoms with Crippen LogP contribution in [0.2, 0.25) is 0 Å². The van der Waals surface area contributed by atoms with Crippen LogP contribution < -0.4 is 11.1 Å². The summed E-state index contributed by atoms with van der Waals surface area (Å²) in [5.74, 6) is -1.51. The molecule has 1 aromatic carbocycles. The van der Waals surface area contributed by atoms with Gasteiger partial charge in [0.05, 0.1) is 11.1 Å². The van der Waals surface area contributed by atoms with E-state index in [0.717, 1.165) is 0 Å². The summed E-state index contributed by atoms with van der Waals surface area (Å²) in [7, 11) is 0. The van der Waals surface area contributed by atoms with Crippen LogP contribution >= 0.6 is 47.4 Å². The highest BCUT2D eigenvalue weighted by Gasteiger charge is 2.26. The van der Waals surface area contributed by atoms with Gasteiger partial charge in [-0.3, -0.25) is 9.59 Å². The summed E-state index contributed by atoms with van der Waals surface area (Å²) in [6, 6.07) is 4.43. The van der Waals surface area contributed by atoms with E-state index in [1.54, 1.807) is 0 Å². The number of alkyl halides is 3. The average Bonchev–Trinajstić information content (AvgIpc) is 2.13. The van der Waals surface area contributed by atoms with Crippen LogP contribution in [-0.2, 0) is 0 Å². The highest BCUT2D eigenvalue weighted by Crippen LogP contribution is 2.24. The molecule has 4 nitrogen and oxygen atoms in total. The van der Waals surface area contributed by atoms with E-state index in [9.17, 15) is 9.59 Å². The quantitative estimate of drug-likeness (QED) is 0.444. The van der Waals surface area contributed by atoms with Gasteiger partial charge in [0.15, 0.2) is 0 Å². The van der Waals surface area contributed by atoms with Gasteiger partial charge in [-0.15, -0.1) is 12.6 Å². The van der Waals surface area contributed by atoms with Crippen molar-refractivity contribution in [3.63, 3.8) is 0 Å². The Labute approximate surface area is 118 Å². The second-order valence-electron chi connectivity index (χ2n) is 3.02. The molecule has 92 valence electrons. The molecule has 0 bridgehead atoms. The maximum absolute atomic E-state index is 11.7. The molecule has 0 heterocycles. The van der Waals surface area contributed by atoms with E-state index in [0.29, 0.717) is 0 Å². The van der Waals surface area contributed by atoms with E-state index < -0.39 is 15.7 Å². The fraction of sp³-hybridized carbons (Fsp3) is 0.111. The molecule has 0 saturated carbocycles. The van der Waals surface area contributed by atoms with Crippen LogP contribution in [0.1, 0.15) is 20.7 Å². The number of amides is 2. The Hall–Kier alpha value is -0.620. The van der Waals surface area contributed by atoms with Crippen molar-refractivity contribution in [3.05, 3.63) is 29.3 Å². The summed E-state index contributed by atoms with van der Waals surface area (Å²) < 4.78 is -1.96. The molecule has 0 unspecified atom stereocenters. The van der Waals surface area contributed by atoms with Gasteiger partial charge in [-0.25, -0.2) is 0 Å². The molecule has 0 atom stereocenters. The molecule has 0 spiro atoms. The van der Waals surface area contributed by atoms with Gasteiger partial charge in [0.1, 0.15) is 0 Å². The number of carbonyl (C=O) groups is 2. The molecule has 0 fully saturated rings. The zero-order valence-corrected chi connectivity index (χ0v) is 11.4. The molecule has 0 aliphatic heterocycles. The van der Waals surface area contributed by atoms with Crippen molar-refractivity contribution >= 4 is 59.2 Å². The number of hydrogen-bond acceptors (Lipinski definition) is 3. The fourth-order valence-corrected chi connectivity index (χ4v) is 1.76. The van der Waals surface area contributed by atoms with Crippen LogP contribution in [0.5, 0.6) is 0 Å². The van der Waals surface area contributed by atoms with Crippen LogP contribution in [0.4, 0.5) is 0 Å². The number of carbonyl (C=O) groups excluding carboxylic acids is 2. The van der Waals surface area contributed by atoms with E-state index in [4.69, 9.17) is 40.5 Å². The molecule has 1 rings (SSSR count). The van der Waals surface area contributed by atoms with E-state index in [2.05, 4.69) is 17.9 Å². The number of halogens is 3. The Bertz CT molecular complexity index is 474. The third kappa shape index (κ3) is 3.96. The van der Waals surface area contributed by atoms with Crippen LogP contribution in [0.25, 0.3) is 0 Å². The maximum Gasteiger partial charge on any atom is 0.268 e. The maximum atomic E-state index is 11.7. The number of benzene rings is 1. The van der Waals surface area contributed by atoms with Gasteiger partial charge in [0.25, 0.3) is 15.7 Å². The summed E-state index contributed by atoms with van der Waals surface area (Å²) in [6.07, 6.45) is 0. The van der Waals surface area contributed by atoms with Crippen molar-refractivity contribution in [1.29, 1.82) is 0 Å². The van der Waals surface area contributed by atoms with Gasteiger partial charge in [0, 0.05) is 4.90 Å². The van der Waals surface area contributed by atoms with Gasteiger partial charge in [-0.05, 0) is 12.1 Å². The molecule has 0 aliphatic rings. The van der Waals surface area contributed by atoms with E-state index in [1.165, 1.54) is 18.2 Å². The Kier molecular flexibility index (Phi) is 4.55. The molecule has 8 heteroatoms. The monoisotopic (exact) mass is 312 g/mol. The van der Waals surface area contributed by atoms with Crippen molar-refractivity contribution in [2.75, 3.05) is 0 Å². The summed E-state index contributed by atoms with van der Waals surface area (Å²) in [6.45, 7) is 0. The minimum atomic E-state index is -1.96. The van der Waals surface area contributed by atoms with Crippen molar-refractivity contribution in [2.45, 2.75) is 8.81 Å². The topological polar surface area (TPSA) is 72.2 Å². The molecule has 0 radical (unpaired) electrons. The van der Waals surface area contributed by atoms with E-state index >= 15 is 0 Å². The zero-order chi connectivity index (χ0) is 13.2. The lowest BCUT2D eigenvalue weighted by molar-refractivity contribution is 0.0934. The highest BCUT2D eigenvalue weighted by atomic mass is 35.6. The first-order chi connectivity index (χ1) is 7.72. The lowest BCUT2D eigenvalue weighted by Crippen LogP contribution is -2.36. The number of hydrogen-bond donors (Lipinski definition) is 3. The minimum Gasteiger partial charge on any atom is -0.366 e.